The maximum absolute atomic E-state index is 3.96. The predicted molar refractivity (Wildman–Crippen MR) is 87.1 cm³/mol. The summed E-state index contributed by atoms with van der Waals surface area (Å²) in [5.41, 5.74) is 8.41. The van der Waals surface area contributed by atoms with E-state index in [-0.39, 0.29) is 0 Å². The molecule has 98 valence electrons. The van der Waals surface area contributed by atoms with Crippen LogP contribution < -0.4 is 0 Å². The van der Waals surface area contributed by atoms with Crippen LogP contribution >= 0.6 is 0 Å². The Bertz CT molecular complexity index is 559. The fourth-order valence-electron chi connectivity index (χ4n) is 2.69. The Morgan fingerprint density at radius 2 is 2.00 bits per heavy atom. The first-order valence-corrected chi connectivity index (χ1v) is 7.14. The molecule has 0 spiro atoms. The van der Waals surface area contributed by atoms with Crippen molar-refractivity contribution in [2.24, 2.45) is 5.92 Å². The second-order valence-electron chi connectivity index (χ2n) is 6.01. The van der Waals surface area contributed by atoms with Gasteiger partial charge in [-0.15, -0.1) is 0 Å². The average Bonchev–Trinajstić information content (AvgIpc) is 2.75. The maximum atomic E-state index is 3.96. The molecule has 19 heavy (non-hydrogen) atoms. The zero-order valence-electron chi connectivity index (χ0n) is 12.6. The summed E-state index contributed by atoms with van der Waals surface area (Å²) < 4.78 is 0. The van der Waals surface area contributed by atoms with Gasteiger partial charge in [-0.1, -0.05) is 0 Å². The summed E-state index contributed by atoms with van der Waals surface area (Å²) in [6.07, 6.45) is 4.26. The van der Waals surface area contributed by atoms with E-state index in [2.05, 4.69) is 59.4 Å². The topological polar surface area (TPSA) is 0 Å². The van der Waals surface area contributed by atoms with E-state index in [0.717, 1.165) is 6.42 Å². The van der Waals surface area contributed by atoms with E-state index in [0.29, 0.717) is 5.92 Å². The summed E-state index contributed by atoms with van der Waals surface area (Å²) in [7, 11) is 0. The Morgan fingerprint density at radius 3 is 2.58 bits per heavy atom. The second-order valence-corrected chi connectivity index (χ2v) is 6.01. The van der Waals surface area contributed by atoms with Gasteiger partial charge in [-0.2, -0.15) is 0 Å². The van der Waals surface area contributed by atoms with Gasteiger partial charge >= 0.3 is 117 Å². The van der Waals surface area contributed by atoms with Crippen molar-refractivity contribution in [1.82, 2.24) is 0 Å². The zero-order chi connectivity index (χ0) is 14.0. The van der Waals surface area contributed by atoms with Crippen LogP contribution in [-0.4, -0.2) is 12.4 Å². The van der Waals surface area contributed by atoms with Gasteiger partial charge in [0.15, 0.2) is 0 Å². The van der Waals surface area contributed by atoms with Crippen LogP contribution in [-0.2, 0) is 0 Å². The van der Waals surface area contributed by atoms with E-state index in [9.17, 15) is 0 Å². The normalized spacial score (nSPS) is 14.7. The Labute approximate surface area is 118 Å². The molecule has 0 unspecified atom stereocenters. The third-order valence-corrected chi connectivity index (χ3v) is 3.89. The van der Waals surface area contributed by atoms with Gasteiger partial charge in [0, 0.05) is 0 Å². The van der Waals surface area contributed by atoms with Crippen LogP contribution in [0.4, 0.5) is 0 Å². The van der Waals surface area contributed by atoms with Crippen LogP contribution in [0.2, 0.25) is 0 Å². The molecule has 0 nitrogen and oxygen atoms in total. The van der Waals surface area contributed by atoms with Crippen molar-refractivity contribution in [3.8, 4) is 0 Å². The molecule has 1 aliphatic rings. The molecule has 0 saturated heterocycles. The van der Waals surface area contributed by atoms with Crippen LogP contribution in [0.15, 0.2) is 41.9 Å². The molecule has 0 bridgehead atoms. The number of hydrogen-bond donors (Lipinski definition) is 0. The fourth-order valence-corrected chi connectivity index (χ4v) is 2.69. The van der Waals surface area contributed by atoms with Crippen molar-refractivity contribution in [2.75, 3.05) is 0 Å². The number of allylic oxidation sites excluding steroid dienone is 3. The molecule has 0 N–H and O–H groups in total. The molecule has 1 aromatic rings. The third-order valence-electron chi connectivity index (χ3n) is 3.89. The van der Waals surface area contributed by atoms with Crippen molar-refractivity contribution >= 4 is 12.4 Å². The molecular weight excluding hydrogens is 227 g/mol. The van der Waals surface area contributed by atoms with Crippen molar-refractivity contribution in [1.29, 1.82) is 0 Å². The van der Waals surface area contributed by atoms with E-state index >= 15 is 0 Å². The summed E-state index contributed by atoms with van der Waals surface area (Å²) in [6, 6.07) is 6.77. The van der Waals surface area contributed by atoms with Crippen molar-refractivity contribution < 1.29 is 0 Å². The Balaban J connectivity index is 2.26. The zero-order valence-corrected chi connectivity index (χ0v) is 12.6. The van der Waals surface area contributed by atoms with E-state index in [1.54, 1.807) is 5.57 Å². The first-order valence-electron chi connectivity index (χ1n) is 7.14. The van der Waals surface area contributed by atoms with E-state index in [1.807, 2.05) is 6.08 Å². The monoisotopic (exact) mass is 250 g/mol. The molecule has 1 aromatic carbocycles. The summed E-state index contributed by atoms with van der Waals surface area (Å²) in [5.74, 6) is 0.706. The Morgan fingerprint density at radius 1 is 1.26 bits per heavy atom. The minimum atomic E-state index is 0.706. The van der Waals surface area contributed by atoms with Crippen LogP contribution in [0.5, 0.6) is 0 Å². The fraction of sp³-hybridized carbons (Fsp3) is 0.389. The van der Waals surface area contributed by atoms with Gasteiger partial charge in [-0.25, -0.2) is 0 Å². The molecule has 1 aliphatic heterocycles. The number of aryl methyl sites for hydroxylation is 2. The molecule has 0 amide bonds. The average molecular weight is 250 g/mol. The molecule has 0 aromatic heterocycles. The van der Waals surface area contributed by atoms with Crippen molar-refractivity contribution in [3.05, 3.63) is 58.6 Å². The van der Waals surface area contributed by atoms with Crippen LogP contribution in [0.25, 0.3) is 0 Å². The van der Waals surface area contributed by atoms with Crippen LogP contribution in [0.3, 0.4) is 0 Å². The Hall–Kier alpha value is -1.37. The van der Waals surface area contributed by atoms with Crippen molar-refractivity contribution in [3.63, 3.8) is 0 Å². The van der Waals surface area contributed by atoms with Gasteiger partial charge in [-0.3, -0.25) is 0 Å². The predicted octanol–water partition coefficient (Wildman–Crippen LogP) is 4.42. The van der Waals surface area contributed by atoms with Gasteiger partial charge in [-0.05, 0) is 0 Å². The first-order chi connectivity index (χ1) is 9.01. The van der Waals surface area contributed by atoms with Gasteiger partial charge < -0.3 is 0 Å². The number of rotatable bonds is 4. The molecule has 0 fully saturated rings. The molecule has 0 aliphatic carbocycles. The summed E-state index contributed by atoms with van der Waals surface area (Å²) in [5, 5.41) is 0. The van der Waals surface area contributed by atoms with Crippen LogP contribution in [0, 0.1) is 19.8 Å². The van der Waals surface area contributed by atoms with E-state index in [4.69, 9.17) is 0 Å². The van der Waals surface area contributed by atoms with Gasteiger partial charge in [0.1, 0.15) is 0 Å². The molecule has 2 rings (SSSR count). The standard InChI is InChI=1S/C18H23B/c1-6-17-16(9-12(2)3)11-18(19-17)15-8-7-13(4)14(5)10-15/h6-8,10,12H,1,9,11H2,2-5H3. The van der Waals surface area contributed by atoms with Gasteiger partial charge in [0.25, 0.3) is 0 Å². The second kappa shape index (κ2) is 5.73. The Kier molecular flexibility index (Phi) is 4.24. The minimum absolute atomic E-state index is 0.706. The molecule has 0 saturated carbocycles. The third kappa shape index (κ3) is 3.15. The van der Waals surface area contributed by atoms with Gasteiger partial charge in [0.05, 0.1) is 0 Å². The molecule has 0 radical (unpaired) electrons. The summed E-state index contributed by atoms with van der Waals surface area (Å²) >= 11 is 0. The first kappa shape index (κ1) is 14.1. The number of hydrogen-bond acceptors (Lipinski definition) is 0. The van der Waals surface area contributed by atoms with E-state index < -0.39 is 0 Å². The van der Waals surface area contributed by atoms with Crippen LogP contribution in [0.1, 0.15) is 43.4 Å². The van der Waals surface area contributed by atoms with Gasteiger partial charge in [0.2, 0.25) is 0 Å². The molecule has 0 atom stereocenters. The number of benzene rings is 1. The molecular formula is C18H23B. The van der Waals surface area contributed by atoms with Crippen molar-refractivity contribution in [2.45, 2.75) is 40.5 Å². The summed E-state index contributed by atoms with van der Waals surface area (Å²) in [6.45, 7) is 15.2. The molecule has 1 heteroatoms. The molecule has 1 heterocycles. The SMILES string of the molecule is C=CC1=C(CC(C)C)CC(c2ccc(C)c(C)c2)=B1. The van der Waals surface area contributed by atoms with E-state index in [1.165, 1.54) is 34.0 Å². The summed E-state index contributed by atoms with van der Waals surface area (Å²) in [4.78, 5) is 0. The quantitative estimate of drug-likeness (QED) is 0.694.